The molecule has 0 bridgehead atoms. The predicted molar refractivity (Wildman–Crippen MR) is 124 cm³/mol. The van der Waals surface area contributed by atoms with E-state index in [4.69, 9.17) is 16.6 Å². The van der Waals surface area contributed by atoms with Gasteiger partial charge in [0, 0.05) is 42.1 Å². The van der Waals surface area contributed by atoms with Gasteiger partial charge in [0.2, 0.25) is 10.0 Å². The van der Waals surface area contributed by atoms with Crippen LogP contribution in [0.3, 0.4) is 0 Å². The predicted octanol–water partition coefficient (Wildman–Crippen LogP) is 4.93. The highest BCUT2D eigenvalue weighted by molar-refractivity contribution is 7.89. The number of hydrogen-bond donors (Lipinski definition) is 0. The molecule has 5 nitrogen and oxygen atoms in total. The molecule has 2 heterocycles. The Bertz CT molecular complexity index is 1110. The molecular formula is C22H24ClN3O2S2. The summed E-state index contributed by atoms with van der Waals surface area (Å²) in [5, 5.41) is 3.43. The molecule has 1 saturated heterocycles. The first kappa shape index (κ1) is 21.3. The monoisotopic (exact) mass is 461 g/mol. The maximum atomic E-state index is 12.9. The second kappa shape index (κ2) is 9.06. The van der Waals surface area contributed by atoms with Gasteiger partial charge in [0.25, 0.3) is 0 Å². The molecule has 0 aliphatic carbocycles. The molecule has 3 aromatic rings. The number of benzene rings is 2. The molecule has 1 aliphatic heterocycles. The molecule has 4 rings (SSSR count). The molecule has 1 fully saturated rings. The van der Waals surface area contributed by atoms with Crippen LogP contribution in [-0.4, -0.2) is 43.9 Å². The van der Waals surface area contributed by atoms with E-state index in [1.54, 1.807) is 29.5 Å². The molecule has 0 spiro atoms. The van der Waals surface area contributed by atoms with Gasteiger partial charge >= 0.3 is 0 Å². The van der Waals surface area contributed by atoms with Crippen molar-refractivity contribution in [1.82, 2.24) is 9.29 Å². The maximum Gasteiger partial charge on any atom is 0.243 e. The molecule has 0 N–H and O–H groups in total. The Labute approximate surface area is 187 Å². The van der Waals surface area contributed by atoms with E-state index < -0.39 is 10.0 Å². The lowest BCUT2D eigenvalue weighted by atomic mass is 10.1. The number of rotatable bonds is 6. The lowest BCUT2D eigenvalue weighted by molar-refractivity contribution is 0.385. The first-order valence-electron chi connectivity index (χ1n) is 10.0. The quantitative estimate of drug-likeness (QED) is 0.522. The number of piperazine rings is 1. The van der Waals surface area contributed by atoms with E-state index in [9.17, 15) is 8.42 Å². The second-order valence-electron chi connectivity index (χ2n) is 7.31. The van der Waals surface area contributed by atoms with Gasteiger partial charge in [-0.15, -0.1) is 11.3 Å². The number of halogens is 1. The third kappa shape index (κ3) is 4.54. The van der Waals surface area contributed by atoms with Gasteiger partial charge in [-0.2, -0.15) is 4.31 Å². The Morgan fingerprint density at radius 2 is 1.80 bits per heavy atom. The summed E-state index contributed by atoms with van der Waals surface area (Å²) in [6.45, 7) is 4.26. The van der Waals surface area contributed by atoms with Crippen LogP contribution in [0.4, 0.5) is 5.13 Å². The summed E-state index contributed by atoms with van der Waals surface area (Å²) < 4.78 is 27.3. The molecule has 0 radical (unpaired) electrons. The summed E-state index contributed by atoms with van der Waals surface area (Å²) in [5.74, 6) is 0. The number of thiazole rings is 1. The first-order valence-corrected chi connectivity index (χ1v) is 12.7. The topological polar surface area (TPSA) is 53.5 Å². The average molecular weight is 462 g/mol. The molecule has 8 heteroatoms. The van der Waals surface area contributed by atoms with Crippen molar-refractivity contribution in [2.24, 2.45) is 0 Å². The lowest BCUT2D eigenvalue weighted by Gasteiger charge is -2.33. The van der Waals surface area contributed by atoms with Crippen LogP contribution in [0, 0.1) is 0 Å². The fourth-order valence-electron chi connectivity index (χ4n) is 3.57. The van der Waals surface area contributed by atoms with Crippen LogP contribution in [0.25, 0.3) is 11.3 Å². The van der Waals surface area contributed by atoms with Crippen molar-refractivity contribution in [2.75, 3.05) is 31.1 Å². The third-order valence-corrected chi connectivity index (χ3v) is 8.25. The molecule has 158 valence electrons. The van der Waals surface area contributed by atoms with Crippen molar-refractivity contribution in [3.05, 3.63) is 64.5 Å². The van der Waals surface area contributed by atoms with Crippen LogP contribution < -0.4 is 4.90 Å². The average Bonchev–Trinajstić information content (AvgIpc) is 3.25. The normalized spacial score (nSPS) is 15.5. The summed E-state index contributed by atoms with van der Waals surface area (Å²) >= 11 is 7.57. The van der Waals surface area contributed by atoms with Gasteiger partial charge in [-0.1, -0.05) is 55.3 Å². The molecule has 0 saturated carbocycles. The molecule has 0 atom stereocenters. The molecule has 0 unspecified atom stereocenters. The summed E-state index contributed by atoms with van der Waals surface area (Å²) in [4.78, 5) is 7.19. The van der Waals surface area contributed by atoms with E-state index in [0.717, 1.165) is 29.2 Å². The highest BCUT2D eigenvalue weighted by atomic mass is 35.5. The first-order chi connectivity index (χ1) is 14.5. The van der Waals surface area contributed by atoms with Crippen LogP contribution in [-0.2, 0) is 16.4 Å². The highest BCUT2D eigenvalue weighted by Gasteiger charge is 2.29. The summed E-state index contributed by atoms with van der Waals surface area (Å²) in [5.41, 5.74) is 3.42. The Kier molecular flexibility index (Phi) is 6.43. The SMILES string of the molecule is CCCc1ccc(-c2csc(N3CCN(S(=O)(=O)c4cccc(Cl)c4)CC3)n2)cc1. The van der Waals surface area contributed by atoms with E-state index in [0.29, 0.717) is 31.2 Å². The molecule has 1 aliphatic rings. The standard InChI is InChI=1S/C22H24ClN3O2S2/c1-2-4-17-7-9-18(10-8-17)21-16-29-22(24-21)25-11-13-26(14-12-25)30(27,28)20-6-3-5-19(23)15-20/h3,5-10,15-16H,2,4,11-14H2,1H3. The van der Waals surface area contributed by atoms with Crippen molar-refractivity contribution in [2.45, 2.75) is 24.7 Å². The van der Waals surface area contributed by atoms with Crippen LogP contribution in [0.5, 0.6) is 0 Å². The fraction of sp³-hybridized carbons (Fsp3) is 0.318. The van der Waals surface area contributed by atoms with Gasteiger partial charge in [-0.05, 0) is 30.2 Å². The van der Waals surface area contributed by atoms with E-state index in [1.807, 2.05) is 0 Å². The molecule has 30 heavy (non-hydrogen) atoms. The fourth-order valence-corrected chi connectivity index (χ4v) is 6.18. The van der Waals surface area contributed by atoms with Gasteiger partial charge in [0.1, 0.15) is 0 Å². The molecule has 2 aromatic carbocycles. The molecule has 0 amide bonds. The maximum absolute atomic E-state index is 12.9. The second-order valence-corrected chi connectivity index (χ2v) is 10.5. The van der Waals surface area contributed by atoms with Crippen LogP contribution >= 0.6 is 22.9 Å². The number of anilines is 1. The van der Waals surface area contributed by atoms with Crippen LogP contribution in [0.15, 0.2) is 58.8 Å². The van der Waals surface area contributed by atoms with E-state index in [-0.39, 0.29) is 4.90 Å². The minimum atomic E-state index is -3.53. The minimum Gasteiger partial charge on any atom is -0.345 e. The number of sulfonamides is 1. The van der Waals surface area contributed by atoms with Gasteiger partial charge in [-0.3, -0.25) is 0 Å². The zero-order chi connectivity index (χ0) is 21.1. The van der Waals surface area contributed by atoms with Crippen molar-refractivity contribution >= 4 is 38.1 Å². The van der Waals surface area contributed by atoms with Crippen molar-refractivity contribution in [1.29, 1.82) is 0 Å². The van der Waals surface area contributed by atoms with Crippen LogP contribution in [0.1, 0.15) is 18.9 Å². The van der Waals surface area contributed by atoms with Crippen molar-refractivity contribution in [3.8, 4) is 11.3 Å². The van der Waals surface area contributed by atoms with Gasteiger partial charge in [0.05, 0.1) is 10.6 Å². The zero-order valence-corrected chi connectivity index (χ0v) is 19.2. The van der Waals surface area contributed by atoms with E-state index in [1.165, 1.54) is 15.9 Å². The van der Waals surface area contributed by atoms with Gasteiger partial charge in [0.15, 0.2) is 5.13 Å². The van der Waals surface area contributed by atoms with Crippen molar-refractivity contribution in [3.63, 3.8) is 0 Å². The molecule has 1 aromatic heterocycles. The van der Waals surface area contributed by atoms with Crippen LogP contribution in [0.2, 0.25) is 5.02 Å². The summed E-state index contributed by atoms with van der Waals surface area (Å²) in [6.07, 6.45) is 2.23. The van der Waals surface area contributed by atoms with Gasteiger partial charge < -0.3 is 4.90 Å². The number of nitrogens with zero attached hydrogens (tertiary/aromatic N) is 3. The Morgan fingerprint density at radius 3 is 2.47 bits per heavy atom. The smallest absolute Gasteiger partial charge is 0.243 e. The number of aromatic nitrogens is 1. The Morgan fingerprint density at radius 1 is 1.07 bits per heavy atom. The van der Waals surface area contributed by atoms with Gasteiger partial charge in [-0.25, -0.2) is 13.4 Å². The number of aryl methyl sites for hydroxylation is 1. The van der Waals surface area contributed by atoms with E-state index >= 15 is 0 Å². The van der Waals surface area contributed by atoms with E-state index in [2.05, 4.69) is 41.5 Å². The summed E-state index contributed by atoms with van der Waals surface area (Å²) in [6, 6.07) is 15.0. The third-order valence-electron chi connectivity index (χ3n) is 5.22. The lowest BCUT2D eigenvalue weighted by Crippen LogP contribution is -2.48. The highest BCUT2D eigenvalue weighted by Crippen LogP contribution is 2.29. The van der Waals surface area contributed by atoms with Crippen molar-refractivity contribution < 1.29 is 8.42 Å². The minimum absolute atomic E-state index is 0.242. The zero-order valence-electron chi connectivity index (χ0n) is 16.8. The Balaban J connectivity index is 1.42. The Hall–Kier alpha value is -1.93. The molecular weight excluding hydrogens is 438 g/mol. The summed E-state index contributed by atoms with van der Waals surface area (Å²) in [7, 11) is -3.53. The number of hydrogen-bond acceptors (Lipinski definition) is 5. The largest absolute Gasteiger partial charge is 0.345 e.